The zero-order valence-electron chi connectivity index (χ0n) is 14.0. The van der Waals surface area contributed by atoms with Gasteiger partial charge in [-0.05, 0) is 44.9 Å². The van der Waals surface area contributed by atoms with Crippen LogP contribution >= 0.6 is 0 Å². The van der Waals surface area contributed by atoms with E-state index in [4.69, 9.17) is 9.47 Å². The minimum Gasteiger partial charge on any atom is -0.496 e. The maximum Gasteiger partial charge on any atom is 0.123 e. The molecule has 2 rings (SSSR count). The third-order valence-electron chi connectivity index (χ3n) is 3.84. The first kappa shape index (κ1) is 16.9. The zero-order chi connectivity index (χ0) is 16.7. The molecule has 0 saturated carbocycles. The van der Waals surface area contributed by atoms with Gasteiger partial charge in [-0.1, -0.05) is 35.4 Å². The van der Waals surface area contributed by atoms with Crippen LogP contribution in [-0.2, 0) is 0 Å². The van der Waals surface area contributed by atoms with Crippen LogP contribution in [0.2, 0.25) is 0 Å². The van der Waals surface area contributed by atoms with E-state index in [1.165, 1.54) is 5.56 Å². The molecule has 1 unspecified atom stereocenters. The highest BCUT2D eigenvalue weighted by Gasteiger charge is 2.15. The van der Waals surface area contributed by atoms with Crippen LogP contribution < -0.4 is 9.47 Å². The quantitative estimate of drug-likeness (QED) is 0.691. The van der Waals surface area contributed by atoms with E-state index in [0.717, 1.165) is 35.5 Å². The Morgan fingerprint density at radius 3 is 2.39 bits per heavy atom. The van der Waals surface area contributed by atoms with E-state index in [1.807, 2.05) is 49.4 Å². The maximum absolute atomic E-state index is 9.49. The summed E-state index contributed by atoms with van der Waals surface area (Å²) in [5.41, 5.74) is 3.32. The number of aryl methyl sites for hydroxylation is 2. The molecule has 0 spiro atoms. The van der Waals surface area contributed by atoms with Gasteiger partial charge in [-0.25, -0.2) is 0 Å². The van der Waals surface area contributed by atoms with Gasteiger partial charge in [0.15, 0.2) is 0 Å². The van der Waals surface area contributed by atoms with E-state index >= 15 is 0 Å². The number of hydrogen-bond donors (Lipinski definition) is 0. The summed E-state index contributed by atoms with van der Waals surface area (Å²) in [7, 11) is 1.64. The van der Waals surface area contributed by atoms with E-state index in [-0.39, 0.29) is 5.92 Å². The largest absolute Gasteiger partial charge is 0.496 e. The minimum atomic E-state index is -0.175. The molecular formula is C20H23NO2. The molecule has 3 heteroatoms. The first-order valence-electron chi connectivity index (χ1n) is 7.87. The molecule has 0 radical (unpaired) electrons. The van der Waals surface area contributed by atoms with Gasteiger partial charge in [-0.2, -0.15) is 5.26 Å². The second-order valence-electron chi connectivity index (χ2n) is 5.73. The number of benzene rings is 2. The van der Waals surface area contributed by atoms with Gasteiger partial charge in [-0.3, -0.25) is 0 Å². The average Bonchev–Trinajstić information content (AvgIpc) is 2.56. The predicted octanol–water partition coefficient (Wildman–Crippen LogP) is 4.78. The molecule has 0 aliphatic rings. The monoisotopic (exact) mass is 309 g/mol. The van der Waals surface area contributed by atoms with Crippen LogP contribution in [0.4, 0.5) is 0 Å². The lowest BCUT2D eigenvalue weighted by molar-refractivity contribution is 0.304. The molecule has 0 aliphatic heterocycles. The molecule has 0 heterocycles. The molecule has 2 aromatic rings. The number of hydrogen-bond acceptors (Lipinski definition) is 3. The van der Waals surface area contributed by atoms with Gasteiger partial charge in [0.2, 0.25) is 0 Å². The third-order valence-corrected chi connectivity index (χ3v) is 3.84. The van der Waals surface area contributed by atoms with Crippen molar-refractivity contribution in [3.63, 3.8) is 0 Å². The molecule has 0 amide bonds. The molecule has 0 bridgehead atoms. The highest BCUT2D eigenvalue weighted by atomic mass is 16.5. The average molecular weight is 309 g/mol. The van der Waals surface area contributed by atoms with Gasteiger partial charge in [0.05, 0.1) is 25.7 Å². The fourth-order valence-electron chi connectivity index (χ4n) is 2.53. The summed E-state index contributed by atoms with van der Waals surface area (Å²) in [6.07, 6.45) is 1.57. The molecule has 0 aromatic heterocycles. The van der Waals surface area contributed by atoms with Gasteiger partial charge in [0, 0.05) is 5.56 Å². The highest BCUT2D eigenvalue weighted by Crippen LogP contribution is 2.30. The molecule has 23 heavy (non-hydrogen) atoms. The molecule has 1 atom stereocenters. The lowest BCUT2D eigenvalue weighted by Crippen LogP contribution is -2.04. The lowest BCUT2D eigenvalue weighted by Gasteiger charge is -2.15. The molecule has 0 N–H and O–H groups in total. The Morgan fingerprint density at radius 1 is 1.04 bits per heavy atom. The lowest BCUT2D eigenvalue weighted by atomic mass is 9.93. The van der Waals surface area contributed by atoms with E-state index in [2.05, 4.69) is 13.0 Å². The summed E-state index contributed by atoms with van der Waals surface area (Å²) < 4.78 is 11.1. The maximum atomic E-state index is 9.49. The van der Waals surface area contributed by atoms with Crippen LogP contribution in [-0.4, -0.2) is 13.7 Å². The van der Waals surface area contributed by atoms with Crippen molar-refractivity contribution < 1.29 is 9.47 Å². The third kappa shape index (κ3) is 4.75. The van der Waals surface area contributed by atoms with Crippen molar-refractivity contribution in [1.82, 2.24) is 0 Å². The zero-order valence-corrected chi connectivity index (χ0v) is 14.0. The van der Waals surface area contributed by atoms with Gasteiger partial charge < -0.3 is 9.47 Å². The molecule has 120 valence electrons. The van der Waals surface area contributed by atoms with Gasteiger partial charge in [0.25, 0.3) is 0 Å². The van der Waals surface area contributed by atoms with Crippen molar-refractivity contribution in [1.29, 1.82) is 5.26 Å². The minimum absolute atomic E-state index is 0.175. The van der Waals surface area contributed by atoms with Crippen molar-refractivity contribution in [3.8, 4) is 17.6 Å². The topological polar surface area (TPSA) is 42.2 Å². The second-order valence-corrected chi connectivity index (χ2v) is 5.73. The fraction of sp³-hybridized carbons (Fsp3) is 0.350. The Balaban J connectivity index is 1.92. The normalized spacial score (nSPS) is 11.6. The van der Waals surface area contributed by atoms with Crippen LogP contribution in [0.3, 0.4) is 0 Å². The number of ether oxygens (including phenoxy) is 2. The van der Waals surface area contributed by atoms with Crippen molar-refractivity contribution >= 4 is 0 Å². The van der Waals surface area contributed by atoms with Crippen LogP contribution in [0.15, 0.2) is 42.5 Å². The Hall–Kier alpha value is -2.47. The number of nitriles is 1. The molecular weight excluding hydrogens is 286 g/mol. The molecule has 3 nitrogen and oxygen atoms in total. The Kier molecular flexibility index (Phi) is 6.05. The van der Waals surface area contributed by atoms with E-state index in [9.17, 15) is 5.26 Å². The second kappa shape index (κ2) is 8.24. The van der Waals surface area contributed by atoms with Crippen LogP contribution in [0.1, 0.15) is 35.4 Å². The van der Waals surface area contributed by atoms with Crippen molar-refractivity contribution in [2.75, 3.05) is 13.7 Å². The smallest absolute Gasteiger partial charge is 0.123 e. The van der Waals surface area contributed by atoms with Crippen LogP contribution in [0, 0.1) is 25.2 Å². The van der Waals surface area contributed by atoms with Crippen LogP contribution in [0.25, 0.3) is 0 Å². The SMILES string of the molecule is COc1ccc(C)cc1C(C#N)CCCOc1ccc(C)cc1. The fourth-order valence-corrected chi connectivity index (χ4v) is 2.53. The predicted molar refractivity (Wildman–Crippen MR) is 92.0 cm³/mol. The van der Waals surface area contributed by atoms with E-state index < -0.39 is 0 Å². The number of nitrogens with zero attached hydrogens (tertiary/aromatic N) is 1. The first-order chi connectivity index (χ1) is 11.1. The van der Waals surface area contributed by atoms with Crippen molar-refractivity contribution in [2.24, 2.45) is 0 Å². The Morgan fingerprint density at radius 2 is 1.74 bits per heavy atom. The van der Waals surface area contributed by atoms with Gasteiger partial charge in [-0.15, -0.1) is 0 Å². The van der Waals surface area contributed by atoms with Gasteiger partial charge >= 0.3 is 0 Å². The Bertz CT molecular complexity index is 671. The standard InChI is InChI=1S/C20H23NO2/c1-15-6-9-18(10-7-15)23-12-4-5-17(14-21)19-13-16(2)8-11-20(19)22-3/h6-11,13,17H,4-5,12H2,1-3H3. The van der Waals surface area contributed by atoms with Gasteiger partial charge in [0.1, 0.15) is 11.5 Å². The van der Waals surface area contributed by atoms with E-state index in [0.29, 0.717) is 6.61 Å². The number of methoxy groups -OCH3 is 1. The summed E-state index contributed by atoms with van der Waals surface area (Å²) in [6.45, 7) is 4.68. The summed E-state index contributed by atoms with van der Waals surface area (Å²) in [5.74, 6) is 1.48. The van der Waals surface area contributed by atoms with Crippen molar-refractivity contribution in [2.45, 2.75) is 32.6 Å². The summed E-state index contributed by atoms with van der Waals surface area (Å²) in [4.78, 5) is 0. The van der Waals surface area contributed by atoms with Crippen molar-refractivity contribution in [3.05, 3.63) is 59.2 Å². The van der Waals surface area contributed by atoms with E-state index in [1.54, 1.807) is 7.11 Å². The Labute approximate surface area is 138 Å². The molecule has 0 fully saturated rings. The summed E-state index contributed by atoms with van der Waals surface area (Å²) in [5, 5.41) is 9.49. The summed E-state index contributed by atoms with van der Waals surface area (Å²) >= 11 is 0. The molecule has 2 aromatic carbocycles. The first-order valence-corrected chi connectivity index (χ1v) is 7.87. The molecule has 0 saturated heterocycles. The van der Waals surface area contributed by atoms with Crippen LogP contribution in [0.5, 0.6) is 11.5 Å². The molecule has 0 aliphatic carbocycles. The summed E-state index contributed by atoms with van der Waals surface area (Å²) in [6, 6.07) is 16.4. The number of rotatable bonds is 7. The highest BCUT2D eigenvalue weighted by molar-refractivity contribution is 5.41.